The molecule has 2 aliphatic rings. The number of hydrogen-bond acceptors (Lipinski definition) is 5. The van der Waals surface area contributed by atoms with E-state index in [9.17, 15) is 4.79 Å². The van der Waals surface area contributed by atoms with Crippen molar-refractivity contribution in [3.8, 4) is 11.5 Å². The Morgan fingerprint density at radius 1 is 1.19 bits per heavy atom. The molecule has 1 saturated heterocycles. The van der Waals surface area contributed by atoms with E-state index in [0.29, 0.717) is 6.79 Å². The van der Waals surface area contributed by atoms with Crippen molar-refractivity contribution in [3.05, 3.63) is 47.8 Å². The molecule has 1 aromatic heterocycles. The summed E-state index contributed by atoms with van der Waals surface area (Å²) in [6, 6.07) is 6.07. The highest BCUT2D eigenvalue weighted by Crippen LogP contribution is 2.32. The summed E-state index contributed by atoms with van der Waals surface area (Å²) in [7, 11) is 1.86. The van der Waals surface area contributed by atoms with Crippen LogP contribution < -0.4 is 9.47 Å². The largest absolute Gasteiger partial charge is 0.454 e. The van der Waals surface area contributed by atoms with E-state index in [1.54, 1.807) is 17.0 Å². The Morgan fingerprint density at radius 2 is 2.00 bits per heavy atom. The van der Waals surface area contributed by atoms with Crippen LogP contribution in [0.2, 0.25) is 0 Å². The first-order valence-corrected chi connectivity index (χ1v) is 8.74. The highest BCUT2D eigenvalue weighted by molar-refractivity contribution is 5.91. The summed E-state index contributed by atoms with van der Waals surface area (Å²) in [6.07, 6.45) is 7.07. The van der Waals surface area contributed by atoms with Gasteiger partial charge in [-0.2, -0.15) is 5.10 Å². The zero-order valence-corrected chi connectivity index (χ0v) is 14.8. The molecule has 2 aromatic rings. The second-order valence-corrected chi connectivity index (χ2v) is 6.57. The number of ether oxygens (including phenoxy) is 2. The fourth-order valence-electron chi connectivity index (χ4n) is 3.22. The van der Waals surface area contributed by atoms with Crippen LogP contribution in [0.15, 0.2) is 36.7 Å². The fraction of sp³-hybridized carbons (Fsp3) is 0.368. The van der Waals surface area contributed by atoms with Crippen LogP contribution in [0.25, 0.3) is 6.08 Å². The summed E-state index contributed by atoms with van der Waals surface area (Å²) in [5.41, 5.74) is 2.13. The Kier molecular flexibility index (Phi) is 4.62. The molecule has 7 heteroatoms. The van der Waals surface area contributed by atoms with Gasteiger partial charge in [-0.05, 0) is 23.8 Å². The van der Waals surface area contributed by atoms with Gasteiger partial charge in [0.15, 0.2) is 11.5 Å². The molecular formula is C19H22N4O3. The van der Waals surface area contributed by atoms with Crippen molar-refractivity contribution in [1.29, 1.82) is 0 Å². The lowest BCUT2D eigenvalue weighted by atomic mass is 10.1. The molecule has 2 aliphatic heterocycles. The van der Waals surface area contributed by atoms with Gasteiger partial charge in [-0.25, -0.2) is 0 Å². The number of carbonyl (C=O) groups is 1. The van der Waals surface area contributed by atoms with Crippen LogP contribution in [0.5, 0.6) is 11.5 Å². The van der Waals surface area contributed by atoms with E-state index in [1.807, 2.05) is 36.4 Å². The van der Waals surface area contributed by atoms with Gasteiger partial charge < -0.3 is 14.4 Å². The molecular weight excluding hydrogens is 332 g/mol. The van der Waals surface area contributed by atoms with Crippen LogP contribution in [-0.2, 0) is 18.4 Å². The van der Waals surface area contributed by atoms with Crippen LogP contribution >= 0.6 is 0 Å². The molecule has 136 valence electrons. The monoisotopic (exact) mass is 354 g/mol. The van der Waals surface area contributed by atoms with Gasteiger partial charge >= 0.3 is 0 Å². The third-order valence-corrected chi connectivity index (χ3v) is 4.67. The molecule has 1 amide bonds. The minimum atomic E-state index is 0.0524. The maximum absolute atomic E-state index is 12.3. The fourth-order valence-corrected chi connectivity index (χ4v) is 3.22. The zero-order valence-electron chi connectivity index (χ0n) is 14.8. The van der Waals surface area contributed by atoms with Crippen LogP contribution in [0.1, 0.15) is 11.1 Å². The quantitative estimate of drug-likeness (QED) is 0.779. The molecule has 7 nitrogen and oxygen atoms in total. The number of benzene rings is 1. The minimum Gasteiger partial charge on any atom is -0.454 e. The van der Waals surface area contributed by atoms with Crippen molar-refractivity contribution >= 4 is 12.0 Å². The Hall–Kier alpha value is -2.80. The van der Waals surface area contributed by atoms with Crippen molar-refractivity contribution in [1.82, 2.24) is 19.6 Å². The van der Waals surface area contributed by atoms with E-state index < -0.39 is 0 Å². The third-order valence-electron chi connectivity index (χ3n) is 4.67. The Bertz CT molecular complexity index is 822. The average molecular weight is 354 g/mol. The number of amides is 1. The van der Waals surface area contributed by atoms with Gasteiger partial charge in [-0.15, -0.1) is 0 Å². The summed E-state index contributed by atoms with van der Waals surface area (Å²) in [6.45, 7) is 4.35. The standard InChI is InChI=1S/C19H22N4O3/c1-21-12-16(11-20-21)3-5-19(24)23-8-6-22(7-9-23)13-15-2-4-17-18(10-15)26-14-25-17/h2-5,10-12H,6-9,13-14H2,1H3/b5-3+. The molecule has 0 saturated carbocycles. The van der Waals surface area contributed by atoms with Crippen molar-refractivity contribution in [2.24, 2.45) is 7.05 Å². The first-order chi connectivity index (χ1) is 12.7. The van der Waals surface area contributed by atoms with Crippen molar-refractivity contribution in [3.63, 3.8) is 0 Å². The lowest BCUT2D eigenvalue weighted by Gasteiger charge is -2.34. The summed E-state index contributed by atoms with van der Waals surface area (Å²) in [5.74, 6) is 1.68. The molecule has 1 aromatic carbocycles. The second-order valence-electron chi connectivity index (χ2n) is 6.57. The molecule has 0 atom stereocenters. The third kappa shape index (κ3) is 3.72. The topological polar surface area (TPSA) is 59.8 Å². The van der Waals surface area contributed by atoms with Crippen molar-refractivity contribution in [2.75, 3.05) is 33.0 Å². The SMILES string of the molecule is Cn1cc(/C=C/C(=O)N2CCN(Cc3ccc4c(c3)OCO4)CC2)cn1. The maximum atomic E-state index is 12.3. The highest BCUT2D eigenvalue weighted by Gasteiger charge is 2.20. The van der Waals surface area contributed by atoms with Crippen LogP contribution in [0.4, 0.5) is 0 Å². The molecule has 26 heavy (non-hydrogen) atoms. The van der Waals surface area contributed by atoms with E-state index in [0.717, 1.165) is 49.8 Å². The van der Waals surface area contributed by atoms with E-state index in [4.69, 9.17) is 9.47 Å². The number of aromatic nitrogens is 2. The number of piperazine rings is 1. The van der Waals surface area contributed by atoms with Gasteiger partial charge in [0, 0.05) is 57.6 Å². The number of hydrogen-bond donors (Lipinski definition) is 0. The average Bonchev–Trinajstić information content (AvgIpc) is 3.28. The lowest BCUT2D eigenvalue weighted by Crippen LogP contribution is -2.47. The molecule has 1 fully saturated rings. The summed E-state index contributed by atoms with van der Waals surface area (Å²) >= 11 is 0. The molecule has 0 spiro atoms. The predicted molar refractivity (Wildman–Crippen MR) is 96.7 cm³/mol. The Labute approximate surface area is 152 Å². The zero-order chi connectivity index (χ0) is 17.9. The predicted octanol–water partition coefficient (Wildman–Crippen LogP) is 1.51. The van der Waals surface area contributed by atoms with E-state index in [2.05, 4.69) is 16.1 Å². The van der Waals surface area contributed by atoms with Gasteiger partial charge in [-0.1, -0.05) is 6.07 Å². The van der Waals surface area contributed by atoms with Gasteiger partial charge in [0.25, 0.3) is 0 Å². The van der Waals surface area contributed by atoms with Gasteiger partial charge in [0.2, 0.25) is 12.7 Å². The van der Waals surface area contributed by atoms with Crippen LogP contribution in [0.3, 0.4) is 0 Å². The van der Waals surface area contributed by atoms with Crippen LogP contribution in [-0.4, -0.2) is 58.5 Å². The number of rotatable bonds is 4. The highest BCUT2D eigenvalue weighted by atomic mass is 16.7. The number of carbonyl (C=O) groups excluding carboxylic acids is 1. The molecule has 0 aliphatic carbocycles. The van der Waals surface area contributed by atoms with Crippen molar-refractivity contribution < 1.29 is 14.3 Å². The molecule has 0 N–H and O–H groups in total. The smallest absolute Gasteiger partial charge is 0.246 e. The van der Waals surface area contributed by atoms with Crippen LogP contribution in [0, 0.1) is 0 Å². The van der Waals surface area contributed by atoms with Gasteiger partial charge in [-0.3, -0.25) is 14.4 Å². The van der Waals surface area contributed by atoms with Gasteiger partial charge in [0.05, 0.1) is 6.20 Å². The number of aryl methyl sites for hydroxylation is 1. The summed E-state index contributed by atoms with van der Waals surface area (Å²) in [5, 5.41) is 4.10. The molecule has 0 bridgehead atoms. The lowest BCUT2D eigenvalue weighted by molar-refractivity contribution is -0.127. The Balaban J connectivity index is 1.28. The molecule has 4 rings (SSSR count). The van der Waals surface area contributed by atoms with Gasteiger partial charge in [0.1, 0.15) is 0 Å². The van der Waals surface area contributed by atoms with E-state index >= 15 is 0 Å². The maximum Gasteiger partial charge on any atom is 0.246 e. The van der Waals surface area contributed by atoms with Crippen molar-refractivity contribution in [2.45, 2.75) is 6.54 Å². The molecule has 0 unspecified atom stereocenters. The number of fused-ring (bicyclic) bond motifs is 1. The first-order valence-electron chi connectivity index (χ1n) is 8.74. The summed E-state index contributed by atoms with van der Waals surface area (Å²) < 4.78 is 12.5. The summed E-state index contributed by atoms with van der Waals surface area (Å²) in [4.78, 5) is 16.6. The first kappa shape index (κ1) is 16.7. The molecule has 0 radical (unpaired) electrons. The van der Waals surface area contributed by atoms with E-state index in [1.165, 1.54) is 5.56 Å². The number of nitrogens with zero attached hydrogens (tertiary/aromatic N) is 4. The minimum absolute atomic E-state index is 0.0524. The Morgan fingerprint density at radius 3 is 2.77 bits per heavy atom. The second kappa shape index (κ2) is 7.21. The van der Waals surface area contributed by atoms with E-state index in [-0.39, 0.29) is 5.91 Å². The molecule has 3 heterocycles. The normalized spacial score (nSPS) is 17.2.